The molecule has 6 unspecified atom stereocenters. The third kappa shape index (κ3) is 3.46. The smallest absolute Gasteiger partial charge is 0.139 e. The Bertz CT molecular complexity index is 661. The van der Waals surface area contributed by atoms with Crippen LogP contribution in [-0.4, -0.2) is 30.3 Å². The maximum absolute atomic E-state index is 12.6. The van der Waals surface area contributed by atoms with Crippen molar-refractivity contribution in [2.45, 2.75) is 97.3 Å². The zero-order chi connectivity index (χ0) is 20.1. The molecule has 2 nitrogen and oxygen atoms in total. The monoisotopic (exact) mass is 397 g/mol. The number of piperidine rings is 1. The summed E-state index contributed by atoms with van der Waals surface area (Å²) < 4.78 is 0. The van der Waals surface area contributed by atoms with E-state index in [0.717, 1.165) is 24.2 Å². The van der Waals surface area contributed by atoms with Crippen molar-refractivity contribution in [1.29, 1.82) is 0 Å². The molecular formula is C27H43NO. The number of carbonyl (C=O) groups is 1. The molecule has 29 heavy (non-hydrogen) atoms. The second-order valence-corrected chi connectivity index (χ2v) is 11.8. The van der Waals surface area contributed by atoms with Crippen LogP contribution in [0.5, 0.6) is 0 Å². The number of fused-ring (bicyclic) bond motifs is 5. The van der Waals surface area contributed by atoms with Crippen LogP contribution in [0.25, 0.3) is 0 Å². The maximum atomic E-state index is 12.6. The van der Waals surface area contributed by atoms with Gasteiger partial charge in [0, 0.05) is 11.8 Å². The average molecular weight is 398 g/mol. The van der Waals surface area contributed by atoms with E-state index >= 15 is 0 Å². The van der Waals surface area contributed by atoms with E-state index in [0.29, 0.717) is 17.1 Å². The van der Waals surface area contributed by atoms with E-state index in [1.165, 1.54) is 96.7 Å². The van der Waals surface area contributed by atoms with Crippen molar-refractivity contribution in [2.75, 3.05) is 19.6 Å². The topological polar surface area (TPSA) is 20.3 Å². The summed E-state index contributed by atoms with van der Waals surface area (Å²) in [4.78, 5) is 15.3. The number of likely N-dealkylation sites (tertiary alicyclic amines) is 1. The first-order valence-corrected chi connectivity index (χ1v) is 13.0. The van der Waals surface area contributed by atoms with Gasteiger partial charge in [-0.3, -0.25) is 4.79 Å². The number of rotatable bonds is 4. The summed E-state index contributed by atoms with van der Waals surface area (Å²) in [5, 5.41) is 0. The Labute approximate surface area is 178 Å². The highest BCUT2D eigenvalue weighted by molar-refractivity contribution is 5.87. The van der Waals surface area contributed by atoms with Crippen LogP contribution in [0, 0.1) is 34.5 Å². The van der Waals surface area contributed by atoms with E-state index in [9.17, 15) is 4.79 Å². The molecule has 0 amide bonds. The molecule has 162 valence electrons. The van der Waals surface area contributed by atoms with Gasteiger partial charge in [0.05, 0.1) is 0 Å². The molecule has 0 N–H and O–H groups in total. The SMILES string of the molecule is CC12CCC3C(CCC4=CC(CCCN5CCCCC5)CCC43C)C1CCC2=O. The first-order chi connectivity index (χ1) is 14.0. The Morgan fingerprint density at radius 1 is 0.931 bits per heavy atom. The number of nitrogens with zero attached hydrogens (tertiary/aromatic N) is 1. The summed E-state index contributed by atoms with van der Waals surface area (Å²) in [5.41, 5.74) is 2.30. The van der Waals surface area contributed by atoms with Gasteiger partial charge in [-0.05, 0) is 119 Å². The van der Waals surface area contributed by atoms with Gasteiger partial charge in [-0.25, -0.2) is 0 Å². The van der Waals surface area contributed by atoms with E-state index in [2.05, 4.69) is 24.8 Å². The van der Waals surface area contributed by atoms with Gasteiger partial charge in [0.2, 0.25) is 0 Å². The number of ketones is 1. The third-order valence-electron chi connectivity index (χ3n) is 10.4. The normalized spacial score (nSPS) is 45.3. The highest BCUT2D eigenvalue weighted by Crippen LogP contribution is 2.64. The van der Waals surface area contributed by atoms with E-state index in [1.54, 1.807) is 0 Å². The molecule has 4 fully saturated rings. The Hall–Kier alpha value is -0.630. The van der Waals surface area contributed by atoms with Crippen molar-refractivity contribution in [3.8, 4) is 0 Å². The van der Waals surface area contributed by atoms with Crippen LogP contribution in [-0.2, 0) is 4.79 Å². The van der Waals surface area contributed by atoms with Gasteiger partial charge < -0.3 is 4.90 Å². The molecular weight excluding hydrogens is 354 g/mol. The summed E-state index contributed by atoms with van der Waals surface area (Å²) in [6.07, 6.45) is 19.8. The molecule has 6 atom stereocenters. The van der Waals surface area contributed by atoms with Gasteiger partial charge >= 0.3 is 0 Å². The van der Waals surface area contributed by atoms with E-state index < -0.39 is 0 Å². The summed E-state index contributed by atoms with van der Waals surface area (Å²) in [7, 11) is 0. The molecule has 0 aromatic carbocycles. The van der Waals surface area contributed by atoms with Gasteiger partial charge in [-0.2, -0.15) is 0 Å². The Kier molecular flexibility index (Phi) is 5.46. The summed E-state index contributed by atoms with van der Waals surface area (Å²) in [5.74, 6) is 3.78. The maximum Gasteiger partial charge on any atom is 0.139 e. The van der Waals surface area contributed by atoms with Crippen LogP contribution in [0.1, 0.15) is 97.3 Å². The fourth-order valence-electron chi connectivity index (χ4n) is 8.56. The van der Waals surface area contributed by atoms with Gasteiger partial charge in [-0.1, -0.05) is 31.9 Å². The number of carbonyl (C=O) groups excluding carboxylic acids is 1. The number of hydrogen-bond donors (Lipinski definition) is 0. The first-order valence-electron chi connectivity index (χ1n) is 13.0. The predicted octanol–water partition coefficient (Wildman–Crippen LogP) is 6.40. The third-order valence-corrected chi connectivity index (χ3v) is 10.4. The molecule has 0 radical (unpaired) electrons. The van der Waals surface area contributed by atoms with Crippen LogP contribution in [0.4, 0.5) is 0 Å². The van der Waals surface area contributed by atoms with Crippen LogP contribution < -0.4 is 0 Å². The predicted molar refractivity (Wildman–Crippen MR) is 120 cm³/mol. The van der Waals surface area contributed by atoms with E-state index in [-0.39, 0.29) is 5.41 Å². The molecule has 5 aliphatic rings. The Balaban J connectivity index is 1.23. The molecule has 1 saturated heterocycles. The summed E-state index contributed by atoms with van der Waals surface area (Å²) >= 11 is 0. The van der Waals surface area contributed by atoms with Gasteiger partial charge in [0.25, 0.3) is 0 Å². The van der Waals surface area contributed by atoms with Crippen molar-refractivity contribution < 1.29 is 4.79 Å². The minimum Gasteiger partial charge on any atom is -0.303 e. The Morgan fingerprint density at radius 2 is 1.69 bits per heavy atom. The minimum absolute atomic E-state index is 0.0321. The second-order valence-electron chi connectivity index (χ2n) is 11.8. The molecule has 0 aromatic rings. The largest absolute Gasteiger partial charge is 0.303 e. The fraction of sp³-hybridized carbons (Fsp3) is 0.889. The summed E-state index contributed by atoms with van der Waals surface area (Å²) in [6.45, 7) is 8.94. The van der Waals surface area contributed by atoms with E-state index in [1.807, 2.05) is 5.57 Å². The van der Waals surface area contributed by atoms with Crippen LogP contribution in [0.3, 0.4) is 0 Å². The zero-order valence-electron chi connectivity index (χ0n) is 19.1. The molecule has 5 rings (SSSR count). The van der Waals surface area contributed by atoms with Crippen LogP contribution in [0.15, 0.2) is 11.6 Å². The molecule has 0 spiro atoms. The molecule has 2 heteroatoms. The standard InChI is InChI=1S/C27H43NO/c1-26-14-12-20(7-6-18-28-16-4-3-5-17-28)19-21(26)8-9-22-23-10-11-25(29)27(23,2)15-13-24(22)26/h19-20,22-24H,3-18H2,1-2H3. The van der Waals surface area contributed by atoms with Crippen LogP contribution in [0.2, 0.25) is 0 Å². The molecule has 4 aliphatic carbocycles. The van der Waals surface area contributed by atoms with Crippen molar-refractivity contribution in [3.63, 3.8) is 0 Å². The lowest BCUT2D eigenvalue weighted by atomic mass is 9.47. The fourth-order valence-corrected chi connectivity index (χ4v) is 8.56. The number of Topliss-reactive ketones (excluding diaryl/α,β-unsaturated/α-hetero) is 1. The Morgan fingerprint density at radius 3 is 2.52 bits per heavy atom. The van der Waals surface area contributed by atoms with Gasteiger partial charge in [0.15, 0.2) is 0 Å². The quantitative estimate of drug-likeness (QED) is 0.512. The van der Waals surface area contributed by atoms with Crippen LogP contribution >= 0.6 is 0 Å². The van der Waals surface area contributed by atoms with Crippen molar-refractivity contribution in [2.24, 2.45) is 34.5 Å². The lowest BCUT2D eigenvalue weighted by Crippen LogP contribution is -2.50. The van der Waals surface area contributed by atoms with Crippen molar-refractivity contribution in [1.82, 2.24) is 4.90 Å². The average Bonchev–Trinajstić information content (AvgIpc) is 3.04. The number of allylic oxidation sites excluding steroid dienone is 2. The number of hydrogen-bond acceptors (Lipinski definition) is 2. The lowest BCUT2D eigenvalue weighted by molar-refractivity contribution is -0.132. The first kappa shape index (κ1) is 20.3. The molecule has 1 heterocycles. The molecule has 3 saturated carbocycles. The van der Waals surface area contributed by atoms with Crippen molar-refractivity contribution >= 4 is 5.78 Å². The highest BCUT2D eigenvalue weighted by Gasteiger charge is 2.58. The molecule has 0 bridgehead atoms. The lowest BCUT2D eigenvalue weighted by Gasteiger charge is -2.57. The van der Waals surface area contributed by atoms with Crippen molar-refractivity contribution in [3.05, 3.63) is 11.6 Å². The second kappa shape index (κ2) is 7.81. The van der Waals surface area contributed by atoms with Gasteiger partial charge in [0.1, 0.15) is 5.78 Å². The summed E-state index contributed by atoms with van der Waals surface area (Å²) in [6, 6.07) is 0. The molecule has 0 aromatic heterocycles. The highest BCUT2D eigenvalue weighted by atomic mass is 16.1. The van der Waals surface area contributed by atoms with E-state index in [4.69, 9.17) is 0 Å². The van der Waals surface area contributed by atoms with Gasteiger partial charge in [-0.15, -0.1) is 0 Å². The minimum atomic E-state index is 0.0321. The zero-order valence-corrected chi connectivity index (χ0v) is 19.1. The molecule has 1 aliphatic heterocycles.